The van der Waals surface area contributed by atoms with Crippen LogP contribution in [0.1, 0.15) is 31.1 Å². The Morgan fingerprint density at radius 1 is 1.20 bits per heavy atom. The molecule has 2 rings (SSSR count). The molecule has 5 heteroatoms. The number of nitrogens with zero attached hydrogens (tertiary/aromatic N) is 1. The maximum Gasteiger partial charge on any atom is 0.177 e. The average molecular weight is 295 g/mol. The van der Waals surface area contributed by atoms with E-state index in [2.05, 4.69) is 18.7 Å². The van der Waals surface area contributed by atoms with Crippen LogP contribution in [0.5, 0.6) is 0 Å². The van der Waals surface area contributed by atoms with Gasteiger partial charge in [0.1, 0.15) is 0 Å². The van der Waals surface area contributed by atoms with Gasteiger partial charge in [0.2, 0.25) is 0 Å². The number of hydrogen-bond donors (Lipinski definition) is 0. The van der Waals surface area contributed by atoms with Crippen LogP contribution in [-0.4, -0.2) is 33.5 Å². The van der Waals surface area contributed by atoms with E-state index in [0.717, 1.165) is 13.1 Å². The summed E-state index contributed by atoms with van der Waals surface area (Å²) in [6, 6.07) is 4.85. The molecule has 1 aromatic rings. The van der Waals surface area contributed by atoms with Crippen molar-refractivity contribution in [3.63, 3.8) is 0 Å². The minimum atomic E-state index is -3.30. The molecule has 1 aromatic carbocycles. The van der Waals surface area contributed by atoms with Crippen LogP contribution in [0.15, 0.2) is 23.1 Å². The van der Waals surface area contributed by atoms with Gasteiger partial charge in [0.15, 0.2) is 15.6 Å². The van der Waals surface area contributed by atoms with Gasteiger partial charge in [-0.2, -0.15) is 0 Å². The summed E-state index contributed by atoms with van der Waals surface area (Å²) in [5, 5.41) is 0. The second-order valence-electron chi connectivity index (χ2n) is 5.87. The summed E-state index contributed by atoms with van der Waals surface area (Å²) >= 11 is 0. The van der Waals surface area contributed by atoms with Crippen molar-refractivity contribution in [3.05, 3.63) is 23.8 Å². The van der Waals surface area contributed by atoms with E-state index in [-0.39, 0.29) is 5.78 Å². The van der Waals surface area contributed by atoms with Gasteiger partial charge in [0, 0.05) is 24.9 Å². The van der Waals surface area contributed by atoms with E-state index in [9.17, 15) is 13.2 Å². The third-order valence-corrected chi connectivity index (χ3v) is 5.24. The SMILES string of the molecule is CC(=O)c1ccc(S(C)(=O)=O)c(N2C[C@@H](C)[C@H](C)C2)c1. The number of carbonyl (C=O) groups excluding carboxylic acids is 1. The number of Topliss-reactive ketones (excluding diaryl/α,β-unsaturated/α-hetero) is 1. The minimum absolute atomic E-state index is 0.0494. The van der Waals surface area contributed by atoms with Crippen LogP contribution in [0.3, 0.4) is 0 Å². The first-order chi connectivity index (χ1) is 9.20. The second kappa shape index (κ2) is 5.20. The summed E-state index contributed by atoms with van der Waals surface area (Å²) in [5.74, 6) is 0.985. The first-order valence-corrected chi connectivity index (χ1v) is 8.69. The molecule has 1 aliphatic heterocycles. The highest BCUT2D eigenvalue weighted by atomic mass is 32.2. The molecule has 0 aromatic heterocycles. The van der Waals surface area contributed by atoms with Gasteiger partial charge in [-0.15, -0.1) is 0 Å². The number of benzene rings is 1. The molecule has 0 spiro atoms. The number of anilines is 1. The fraction of sp³-hybridized carbons (Fsp3) is 0.533. The topological polar surface area (TPSA) is 54.5 Å². The molecule has 1 aliphatic rings. The lowest BCUT2D eigenvalue weighted by Gasteiger charge is -2.22. The summed E-state index contributed by atoms with van der Waals surface area (Å²) in [6.07, 6.45) is 1.21. The molecule has 0 aliphatic carbocycles. The van der Waals surface area contributed by atoms with Crippen molar-refractivity contribution in [2.24, 2.45) is 11.8 Å². The van der Waals surface area contributed by atoms with E-state index in [4.69, 9.17) is 0 Å². The van der Waals surface area contributed by atoms with Crippen molar-refractivity contribution in [2.75, 3.05) is 24.2 Å². The van der Waals surface area contributed by atoms with Gasteiger partial charge in [-0.3, -0.25) is 4.79 Å². The van der Waals surface area contributed by atoms with Crippen molar-refractivity contribution in [3.8, 4) is 0 Å². The van der Waals surface area contributed by atoms with Gasteiger partial charge in [-0.05, 0) is 37.0 Å². The van der Waals surface area contributed by atoms with Gasteiger partial charge >= 0.3 is 0 Å². The van der Waals surface area contributed by atoms with Crippen LogP contribution in [-0.2, 0) is 9.84 Å². The Kier molecular flexibility index (Phi) is 3.91. The summed E-state index contributed by atoms with van der Waals surface area (Å²) in [4.78, 5) is 13.9. The number of hydrogen-bond acceptors (Lipinski definition) is 4. The highest BCUT2D eigenvalue weighted by molar-refractivity contribution is 7.90. The Labute approximate surface area is 120 Å². The summed E-state index contributed by atoms with van der Waals surface area (Å²) in [5.41, 5.74) is 1.22. The molecule has 4 nitrogen and oxygen atoms in total. The standard InChI is InChI=1S/C15H21NO3S/c1-10-8-16(9-11(10)2)14-7-13(12(3)17)5-6-15(14)20(4,18)19/h5-7,10-11H,8-9H2,1-4H3/t10-,11-/m1/s1. The molecule has 20 heavy (non-hydrogen) atoms. The molecule has 0 unspecified atom stereocenters. The zero-order valence-electron chi connectivity index (χ0n) is 12.4. The Morgan fingerprint density at radius 3 is 2.20 bits per heavy atom. The normalized spacial score (nSPS) is 23.1. The lowest BCUT2D eigenvalue weighted by Crippen LogP contribution is -2.22. The molecule has 0 N–H and O–H groups in total. The lowest BCUT2D eigenvalue weighted by atomic mass is 10.0. The van der Waals surface area contributed by atoms with Gasteiger partial charge < -0.3 is 4.90 Å². The van der Waals surface area contributed by atoms with E-state index in [0.29, 0.717) is 28.0 Å². The Balaban J connectivity index is 2.53. The van der Waals surface area contributed by atoms with E-state index in [1.54, 1.807) is 18.2 Å². The van der Waals surface area contributed by atoms with Crippen LogP contribution < -0.4 is 4.90 Å². The van der Waals surface area contributed by atoms with Gasteiger partial charge in [-0.1, -0.05) is 13.8 Å². The smallest absolute Gasteiger partial charge is 0.177 e. The van der Waals surface area contributed by atoms with Crippen molar-refractivity contribution in [1.29, 1.82) is 0 Å². The summed E-state index contributed by atoms with van der Waals surface area (Å²) < 4.78 is 23.9. The van der Waals surface area contributed by atoms with E-state index in [1.807, 2.05) is 0 Å². The van der Waals surface area contributed by atoms with Crippen LogP contribution in [0.4, 0.5) is 5.69 Å². The summed E-state index contributed by atoms with van der Waals surface area (Å²) in [7, 11) is -3.30. The third-order valence-electron chi connectivity index (χ3n) is 4.09. The van der Waals surface area contributed by atoms with Crippen molar-refractivity contribution in [2.45, 2.75) is 25.7 Å². The van der Waals surface area contributed by atoms with Crippen LogP contribution in [0.25, 0.3) is 0 Å². The lowest BCUT2D eigenvalue weighted by molar-refractivity contribution is 0.101. The summed E-state index contributed by atoms with van der Waals surface area (Å²) in [6.45, 7) is 7.48. The molecule has 0 amide bonds. The highest BCUT2D eigenvalue weighted by Crippen LogP contribution is 2.33. The Bertz CT molecular complexity index is 627. The van der Waals surface area contributed by atoms with Crippen LogP contribution in [0.2, 0.25) is 0 Å². The van der Waals surface area contributed by atoms with Gasteiger partial charge in [-0.25, -0.2) is 8.42 Å². The molecular formula is C15H21NO3S. The number of carbonyl (C=O) groups is 1. The fourth-order valence-corrected chi connectivity index (χ4v) is 3.51. The van der Waals surface area contributed by atoms with Crippen molar-refractivity contribution >= 4 is 21.3 Å². The first kappa shape index (κ1) is 15.0. The maximum atomic E-state index is 11.9. The van der Waals surface area contributed by atoms with Crippen LogP contribution >= 0.6 is 0 Å². The molecule has 1 heterocycles. The highest BCUT2D eigenvalue weighted by Gasteiger charge is 2.29. The molecular weight excluding hydrogens is 274 g/mol. The van der Waals surface area contributed by atoms with Gasteiger partial charge in [0.25, 0.3) is 0 Å². The largest absolute Gasteiger partial charge is 0.370 e. The third kappa shape index (κ3) is 2.87. The van der Waals surface area contributed by atoms with Gasteiger partial charge in [0.05, 0.1) is 10.6 Å². The molecule has 0 radical (unpaired) electrons. The molecule has 0 saturated carbocycles. The monoisotopic (exact) mass is 295 g/mol. The molecule has 110 valence electrons. The number of ketones is 1. The maximum absolute atomic E-state index is 11.9. The van der Waals surface area contributed by atoms with Crippen molar-refractivity contribution < 1.29 is 13.2 Å². The van der Waals surface area contributed by atoms with E-state index in [1.165, 1.54) is 13.2 Å². The first-order valence-electron chi connectivity index (χ1n) is 6.80. The molecule has 0 bridgehead atoms. The molecule has 1 saturated heterocycles. The van der Waals surface area contributed by atoms with E-state index >= 15 is 0 Å². The van der Waals surface area contributed by atoms with Crippen LogP contribution in [0, 0.1) is 11.8 Å². The minimum Gasteiger partial charge on any atom is -0.370 e. The zero-order chi connectivity index (χ0) is 15.1. The average Bonchev–Trinajstić information content (AvgIpc) is 2.67. The predicted molar refractivity (Wildman–Crippen MR) is 80.1 cm³/mol. The van der Waals surface area contributed by atoms with E-state index < -0.39 is 9.84 Å². The number of rotatable bonds is 3. The fourth-order valence-electron chi connectivity index (χ4n) is 2.62. The second-order valence-corrected chi connectivity index (χ2v) is 7.85. The molecule has 2 atom stereocenters. The molecule has 1 fully saturated rings. The Hall–Kier alpha value is -1.36. The zero-order valence-corrected chi connectivity index (χ0v) is 13.2. The van der Waals surface area contributed by atoms with Crippen molar-refractivity contribution in [1.82, 2.24) is 0 Å². The quantitative estimate of drug-likeness (QED) is 0.803. The number of sulfone groups is 1. The predicted octanol–water partition coefficient (Wildman–Crippen LogP) is 2.38. The Morgan fingerprint density at radius 2 is 1.75 bits per heavy atom.